The van der Waals surface area contributed by atoms with Crippen LogP contribution in [0.2, 0.25) is 10.0 Å². The maximum atomic E-state index is 6.52. The lowest BCUT2D eigenvalue weighted by atomic mass is 10.0. The van der Waals surface area contributed by atoms with E-state index in [2.05, 4.69) is 15.9 Å². The zero-order valence-corrected chi connectivity index (χ0v) is 14.5. The maximum Gasteiger partial charge on any atom is 0.137 e. The van der Waals surface area contributed by atoms with Crippen molar-refractivity contribution in [2.45, 2.75) is 11.8 Å². The molecule has 0 heterocycles. The fraction of sp³-hybridized carbons (Fsp3) is 0.200. The fourth-order valence-corrected chi connectivity index (χ4v) is 3.43. The molecule has 0 saturated carbocycles. The molecule has 0 aliphatic rings. The Morgan fingerprint density at radius 3 is 2.35 bits per heavy atom. The van der Waals surface area contributed by atoms with Crippen molar-refractivity contribution in [1.82, 2.24) is 0 Å². The van der Waals surface area contributed by atoms with E-state index in [1.54, 1.807) is 13.2 Å². The van der Waals surface area contributed by atoms with Crippen LogP contribution in [0.3, 0.4) is 0 Å². The van der Waals surface area contributed by atoms with Crippen LogP contribution in [0.15, 0.2) is 40.9 Å². The van der Waals surface area contributed by atoms with Gasteiger partial charge < -0.3 is 4.74 Å². The average molecular weight is 395 g/mol. The smallest absolute Gasteiger partial charge is 0.137 e. The van der Waals surface area contributed by atoms with E-state index >= 15 is 0 Å². The molecule has 0 fully saturated rings. The summed E-state index contributed by atoms with van der Waals surface area (Å²) < 4.78 is 6.19. The Balaban J connectivity index is 2.28. The molecule has 0 N–H and O–H groups in total. The highest BCUT2D eigenvalue weighted by atomic mass is 79.9. The van der Waals surface area contributed by atoms with E-state index < -0.39 is 0 Å². The van der Waals surface area contributed by atoms with Crippen molar-refractivity contribution in [3.63, 3.8) is 0 Å². The van der Waals surface area contributed by atoms with E-state index in [1.807, 2.05) is 30.3 Å². The zero-order chi connectivity index (χ0) is 14.7. The van der Waals surface area contributed by atoms with Gasteiger partial charge in [-0.05, 0) is 52.2 Å². The lowest BCUT2D eigenvalue weighted by Gasteiger charge is -2.16. The summed E-state index contributed by atoms with van der Waals surface area (Å²) in [7, 11) is 1.61. The van der Waals surface area contributed by atoms with Gasteiger partial charge in [-0.2, -0.15) is 0 Å². The number of halogens is 4. The van der Waals surface area contributed by atoms with E-state index in [9.17, 15) is 0 Å². The standard InChI is InChI=1S/C15H12BrCl3O/c1-20-15-12(7-11(18)8-13(15)16)14(19)6-9-2-4-10(17)5-3-9/h2-5,7-8,14H,6H2,1H3. The number of methoxy groups -OCH3 is 1. The quantitative estimate of drug-likeness (QED) is 0.554. The first-order valence-electron chi connectivity index (χ1n) is 5.92. The predicted molar refractivity (Wildman–Crippen MR) is 89.5 cm³/mol. The van der Waals surface area contributed by atoms with Crippen LogP contribution < -0.4 is 4.74 Å². The summed E-state index contributed by atoms with van der Waals surface area (Å²) in [6.45, 7) is 0. The maximum absolute atomic E-state index is 6.52. The molecule has 0 amide bonds. The van der Waals surface area contributed by atoms with Gasteiger partial charge in [-0.25, -0.2) is 0 Å². The van der Waals surface area contributed by atoms with Gasteiger partial charge in [-0.3, -0.25) is 0 Å². The highest BCUT2D eigenvalue weighted by Crippen LogP contribution is 2.39. The minimum Gasteiger partial charge on any atom is -0.495 e. The normalized spacial score (nSPS) is 12.2. The van der Waals surface area contributed by atoms with Crippen LogP contribution in [-0.4, -0.2) is 7.11 Å². The van der Waals surface area contributed by atoms with Crippen LogP contribution in [0.5, 0.6) is 5.75 Å². The second-order valence-corrected chi connectivity index (χ2v) is 6.56. The van der Waals surface area contributed by atoms with Crippen molar-refractivity contribution >= 4 is 50.7 Å². The van der Waals surface area contributed by atoms with Crippen molar-refractivity contribution in [3.05, 3.63) is 62.0 Å². The van der Waals surface area contributed by atoms with Gasteiger partial charge in [0.05, 0.1) is 17.0 Å². The molecule has 106 valence electrons. The minimum atomic E-state index is -0.235. The first kappa shape index (κ1) is 16.0. The Morgan fingerprint density at radius 1 is 1.10 bits per heavy atom. The molecule has 0 aliphatic heterocycles. The van der Waals surface area contributed by atoms with Gasteiger partial charge in [0.2, 0.25) is 0 Å². The van der Waals surface area contributed by atoms with Gasteiger partial charge in [0.15, 0.2) is 0 Å². The predicted octanol–water partition coefficient (Wildman–Crippen LogP) is 6.29. The summed E-state index contributed by atoms with van der Waals surface area (Å²) in [6.07, 6.45) is 0.669. The third-order valence-electron chi connectivity index (χ3n) is 2.91. The molecule has 2 rings (SSSR count). The van der Waals surface area contributed by atoms with Crippen LogP contribution in [-0.2, 0) is 6.42 Å². The topological polar surface area (TPSA) is 9.23 Å². The molecule has 0 spiro atoms. The zero-order valence-electron chi connectivity index (χ0n) is 10.7. The third kappa shape index (κ3) is 3.82. The van der Waals surface area contributed by atoms with E-state index in [0.717, 1.165) is 15.6 Å². The molecule has 0 saturated heterocycles. The summed E-state index contributed by atoms with van der Waals surface area (Å²) in [6, 6.07) is 11.2. The highest BCUT2D eigenvalue weighted by molar-refractivity contribution is 9.10. The van der Waals surface area contributed by atoms with Crippen LogP contribution in [0.4, 0.5) is 0 Å². The van der Waals surface area contributed by atoms with Crippen LogP contribution in [0, 0.1) is 0 Å². The lowest BCUT2D eigenvalue weighted by Crippen LogP contribution is -2.00. The van der Waals surface area contributed by atoms with Crippen molar-refractivity contribution < 1.29 is 4.74 Å². The van der Waals surface area contributed by atoms with Gasteiger partial charge in [0.1, 0.15) is 5.75 Å². The van der Waals surface area contributed by atoms with Gasteiger partial charge in [0, 0.05) is 15.6 Å². The number of alkyl halides is 1. The summed E-state index contributed by atoms with van der Waals surface area (Å²) >= 11 is 21.9. The Kier molecular flexibility index (Phi) is 5.62. The molecular formula is C15H12BrCl3O. The van der Waals surface area contributed by atoms with E-state index in [4.69, 9.17) is 39.5 Å². The number of rotatable bonds is 4. The summed E-state index contributed by atoms with van der Waals surface area (Å²) in [5.74, 6) is 0.711. The summed E-state index contributed by atoms with van der Waals surface area (Å²) in [4.78, 5) is 0. The van der Waals surface area contributed by atoms with E-state index in [1.165, 1.54) is 0 Å². The lowest BCUT2D eigenvalue weighted by molar-refractivity contribution is 0.406. The number of hydrogen-bond donors (Lipinski definition) is 0. The monoisotopic (exact) mass is 392 g/mol. The Labute approximate surface area is 141 Å². The Bertz CT molecular complexity index is 599. The van der Waals surface area contributed by atoms with Gasteiger partial charge in [-0.15, -0.1) is 11.6 Å². The molecule has 2 aromatic rings. The average Bonchev–Trinajstić information content (AvgIpc) is 2.40. The molecule has 2 aromatic carbocycles. The van der Waals surface area contributed by atoms with Crippen LogP contribution in [0.25, 0.3) is 0 Å². The van der Waals surface area contributed by atoms with Gasteiger partial charge in [0.25, 0.3) is 0 Å². The van der Waals surface area contributed by atoms with Crippen molar-refractivity contribution in [2.75, 3.05) is 7.11 Å². The summed E-state index contributed by atoms with van der Waals surface area (Å²) in [5.41, 5.74) is 1.97. The Hall–Kier alpha value is -0.410. The molecule has 1 atom stereocenters. The molecule has 1 unspecified atom stereocenters. The van der Waals surface area contributed by atoms with E-state index in [0.29, 0.717) is 22.2 Å². The summed E-state index contributed by atoms with van der Waals surface area (Å²) in [5, 5.41) is 1.10. The minimum absolute atomic E-state index is 0.235. The second kappa shape index (κ2) is 7.04. The molecule has 0 bridgehead atoms. The van der Waals surface area contributed by atoms with Gasteiger partial charge >= 0.3 is 0 Å². The van der Waals surface area contributed by atoms with Crippen molar-refractivity contribution in [3.8, 4) is 5.75 Å². The molecule has 5 heteroatoms. The molecule has 20 heavy (non-hydrogen) atoms. The first-order valence-corrected chi connectivity index (χ1v) is 7.91. The van der Waals surface area contributed by atoms with Crippen molar-refractivity contribution in [2.24, 2.45) is 0 Å². The number of hydrogen-bond acceptors (Lipinski definition) is 1. The second-order valence-electron chi connectivity index (χ2n) is 4.31. The molecule has 0 aromatic heterocycles. The molecule has 0 aliphatic carbocycles. The first-order chi connectivity index (χ1) is 9.51. The van der Waals surface area contributed by atoms with Crippen LogP contribution >= 0.6 is 50.7 Å². The largest absolute Gasteiger partial charge is 0.495 e. The molecule has 1 nitrogen and oxygen atoms in total. The number of benzene rings is 2. The SMILES string of the molecule is COc1c(Br)cc(Cl)cc1C(Cl)Cc1ccc(Cl)cc1. The van der Waals surface area contributed by atoms with Crippen LogP contribution in [0.1, 0.15) is 16.5 Å². The van der Waals surface area contributed by atoms with E-state index in [-0.39, 0.29) is 5.38 Å². The Morgan fingerprint density at radius 2 is 1.75 bits per heavy atom. The van der Waals surface area contributed by atoms with Crippen molar-refractivity contribution in [1.29, 1.82) is 0 Å². The highest BCUT2D eigenvalue weighted by Gasteiger charge is 2.17. The molecular weight excluding hydrogens is 382 g/mol. The third-order valence-corrected chi connectivity index (χ3v) is 4.36. The number of ether oxygens (including phenoxy) is 1. The molecule has 0 radical (unpaired) electrons. The van der Waals surface area contributed by atoms with Gasteiger partial charge in [-0.1, -0.05) is 35.3 Å². The fourth-order valence-electron chi connectivity index (χ4n) is 1.97.